The quantitative estimate of drug-likeness (QED) is 0.271. The highest BCUT2D eigenvalue weighted by atomic mass is 16.5. The van der Waals surface area contributed by atoms with Gasteiger partial charge in [-0.05, 0) is 31.5 Å². The molecule has 31 heavy (non-hydrogen) atoms. The van der Waals surface area contributed by atoms with Crippen LogP contribution in [0, 0.1) is 0 Å². The second-order valence-electron chi connectivity index (χ2n) is 7.85. The van der Waals surface area contributed by atoms with Gasteiger partial charge >= 0.3 is 5.97 Å². The summed E-state index contributed by atoms with van der Waals surface area (Å²) in [5.74, 6) is 0.412. The van der Waals surface area contributed by atoms with Crippen molar-refractivity contribution in [2.45, 2.75) is 59.0 Å². The van der Waals surface area contributed by atoms with Crippen LogP contribution in [0.15, 0.2) is 24.4 Å². The Hall–Kier alpha value is -2.60. The molecule has 0 aliphatic carbocycles. The zero-order chi connectivity index (χ0) is 22.2. The molecule has 0 fully saturated rings. The summed E-state index contributed by atoms with van der Waals surface area (Å²) in [6, 6.07) is 6.13. The molecule has 1 aromatic carbocycles. The third kappa shape index (κ3) is 5.18. The van der Waals surface area contributed by atoms with Crippen molar-refractivity contribution in [3.63, 3.8) is 0 Å². The Morgan fingerprint density at radius 3 is 2.58 bits per heavy atom. The minimum atomic E-state index is -0.427. The van der Waals surface area contributed by atoms with Gasteiger partial charge in [0, 0.05) is 36.0 Å². The topological polar surface area (TPSA) is 62.6 Å². The number of hydrogen-bond acceptors (Lipinski definition) is 5. The smallest absolute Gasteiger partial charge is 0.357 e. The maximum atomic E-state index is 12.5. The van der Waals surface area contributed by atoms with Crippen molar-refractivity contribution < 1.29 is 19.0 Å². The Labute approximate surface area is 184 Å². The second kappa shape index (κ2) is 11.1. The number of carbonyl (C=O) groups excluding carboxylic acids is 1. The molecule has 0 N–H and O–H groups in total. The van der Waals surface area contributed by atoms with E-state index in [0.29, 0.717) is 18.9 Å². The van der Waals surface area contributed by atoms with Crippen LogP contribution in [0.25, 0.3) is 21.8 Å². The first-order valence-corrected chi connectivity index (χ1v) is 11.3. The number of rotatable bonds is 12. The van der Waals surface area contributed by atoms with Gasteiger partial charge in [0.15, 0.2) is 5.69 Å². The maximum absolute atomic E-state index is 12.5. The van der Waals surface area contributed by atoms with Gasteiger partial charge in [0.05, 0.1) is 31.5 Å². The summed E-state index contributed by atoms with van der Waals surface area (Å²) in [6.45, 7) is 5.31. The van der Waals surface area contributed by atoms with E-state index in [4.69, 9.17) is 14.2 Å². The third-order valence-corrected chi connectivity index (χ3v) is 5.64. The molecular weight excluding hydrogens is 392 g/mol. The van der Waals surface area contributed by atoms with Crippen LogP contribution in [-0.4, -0.2) is 35.8 Å². The van der Waals surface area contributed by atoms with Crippen molar-refractivity contribution in [3.8, 4) is 5.75 Å². The molecule has 0 aliphatic rings. The van der Waals surface area contributed by atoms with Crippen LogP contribution in [0.1, 0.15) is 68.4 Å². The number of methoxy groups -OCH3 is 1. The van der Waals surface area contributed by atoms with Crippen molar-refractivity contribution in [2.24, 2.45) is 7.05 Å². The number of ether oxygens (including phenoxy) is 3. The van der Waals surface area contributed by atoms with E-state index in [1.54, 1.807) is 20.2 Å². The molecule has 3 aromatic rings. The zero-order valence-electron chi connectivity index (χ0n) is 19.2. The van der Waals surface area contributed by atoms with Crippen molar-refractivity contribution in [1.82, 2.24) is 9.55 Å². The van der Waals surface area contributed by atoms with Crippen LogP contribution in [-0.2, 0) is 23.1 Å². The van der Waals surface area contributed by atoms with E-state index in [9.17, 15) is 4.79 Å². The fraction of sp³-hybridized carbons (Fsp3) is 0.520. The van der Waals surface area contributed by atoms with Crippen LogP contribution in [0.4, 0.5) is 0 Å². The summed E-state index contributed by atoms with van der Waals surface area (Å²) < 4.78 is 18.8. The molecular formula is C25H34N2O4. The van der Waals surface area contributed by atoms with Gasteiger partial charge in [0.2, 0.25) is 0 Å². The van der Waals surface area contributed by atoms with Gasteiger partial charge in [-0.25, -0.2) is 9.78 Å². The Balaban J connectivity index is 1.91. The minimum Gasteiger partial charge on any atom is -0.494 e. The zero-order valence-corrected chi connectivity index (χ0v) is 19.2. The van der Waals surface area contributed by atoms with Gasteiger partial charge < -0.3 is 18.8 Å². The number of benzene rings is 1. The normalized spacial score (nSPS) is 11.4. The summed E-state index contributed by atoms with van der Waals surface area (Å²) >= 11 is 0. The lowest BCUT2D eigenvalue weighted by Crippen LogP contribution is -2.11. The first-order valence-electron chi connectivity index (χ1n) is 11.3. The molecule has 0 aliphatic heterocycles. The number of unbranched alkanes of at least 4 members (excludes halogenated alkanes) is 5. The molecule has 0 atom stereocenters. The molecule has 2 heterocycles. The molecule has 0 spiro atoms. The Bertz CT molecular complexity index is 1030. The molecule has 6 heteroatoms. The van der Waals surface area contributed by atoms with Crippen molar-refractivity contribution in [1.29, 1.82) is 0 Å². The summed E-state index contributed by atoms with van der Waals surface area (Å²) in [5.41, 5.74) is 3.06. The minimum absolute atomic E-state index is 0.278. The number of esters is 1. The summed E-state index contributed by atoms with van der Waals surface area (Å²) in [7, 11) is 3.62. The second-order valence-corrected chi connectivity index (χ2v) is 7.85. The van der Waals surface area contributed by atoms with Gasteiger partial charge in [-0.1, -0.05) is 39.0 Å². The summed E-state index contributed by atoms with van der Waals surface area (Å²) in [5, 5.41) is 1.99. The molecule has 0 saturated heterocycles. The van der Waals surface area contributed by atoms with Gasteiger partial charge in [-0.2, -0.15) is 0 Å². The number of pyridine rings is 1. The molecule has 0 unspecified atom stereocenters. The first kappa shape index (κ1) is 23.1. The lowest BCUT2D eigenvalue weighted by Gasteiger charge is -2.10. The molecule has 3 rings (SSSR count). The number of nitrogens with zero attached hydrogens (tertiary/aromatic N) is 2. The molecule has 0 saturated carbocycles. The van der Waals surface area contributed by atoms with Crippen LogP contribution in [0.3, 0.4) is 0 Å². The van der Waals surface area contributed by atoms with Crippen molar-refractivity contribution >= 4 is 27.8 Å². The molecule has 0 bridgehead atoms. The van der Waals surface area contributed by atoms with E-state index in [-0.39, 0.29) is 6.61 Å². The van der Waals surface area contributed by atoms with Gasteiger partial charge in [0.25, 0.3) is 0 Å². The molecule has 6 nitrogen and oxygen atoms in total. The molecule has 0 amide bonds. The van der Waals surface area contributed by atoms with E-state index in [2.05, 4.69) is 28.6 Å². The molecule has 2 aromatic heterocycles. The largest absolute Gasteiger partial charge is 0.494 e. The Morgan fingerprint density at radius 1 is 1.06 bits per heavy atom. The standard InChI is InChI=1S/C25H34N2O4/c1-5-7-8-9-10-11-14-31-18-12-13-21-19(15-18)23-20(17-29-4)24(25(28)30-6-2)26-16-22(23)27(21)3/h12-13,15-16H,5-11,14,17H2,1-4H3. The van der Waals surface area contributed by atoms with Gasteiger partial charge in [0.1, 0.15) is 5.75 Å². The van der Waals surface area contributed by atoms with Crippen LogP contribution in [0.2, 0.25) is 0 Å². The fourth-order valence-corrected chi connectivity index (χ4v) is 4.06. The monoisotopic (exact) mass is 426 g/mol. The highest BCUT2D eigenvalue weighted by molar-refractivity contribution is 6.12. The number of carbonyl (C=O) groups is 1. The Kier molecular flexibility index (Phi) is 8.29. The van der Waals surface area contributed by atoms with Crippen LogP contribution >= 0.6 is 0 Å². The fourth-order valence-electron chi connectivity index (χ4n) is 4.06. The predicted molar refractivity (Wildman–Crippen MR) is 124 cm³/mol. The van der Waals surface area contributed by atoms with Crippen molar-refractivity contribution in [3.05, 3.63) is 35.7 Å². The molecule has 0 radical (unpaired) electrons. The van der Waals surface area contributed by atoms with E-state index < -0.39 is 5.97 Å². The maximum Gasteiger partial charge on any atom is 0.357 e. The van der Waals surface area contributed by atoms with E-state index >= 15 is 0 Å². The van der Waals surface area contributed by atoms with E-state index in [0.717, 1.165) is 39.5 Å². The highest BCUT2D eigenvalue weighted by Gasteiger charge is 2.21. The number of aryl methyl sites for hydroxylation is 1. The lowest BCUT2D eigenvalue weighted by atomic mass is 10.1. The van der Waals surface area contributed by atoms with E-state index in [1.807, 2.05) is 13.1 Å². The van der Waals surface area contributed by atoms with E-state index in [1.165, 1.54) is 32.1 Å². The summed E-state index contributed by atoms with van der Waals surface area (Å²) in [6.07, 6.45) is 9.13. The van der Waals surface area contributed by atoms with Crippen LogP contribution < -0.4 is 4.74 Å². The summed E-state index contributed by atoms with van der Waals surface area (Å²) in [4.78, 5) is 16.9. The number of fused-ring (bicyclic) bond motifs is 3. The third-order valence-electron chi connectivity index (χ3n) is 5.64. The SMILES string of the molecule is CCCCCCCCOc1ccc2c(c1)c1c(COC)c(C(=O)OCC)ncc1n2C. The van der Waals surface area contributed by atoms with Crippen LogP contribution in [0.5, 0.6) is 5.75 Å². The first-order chi connectivity index (χ1) is 15.1. The Morgan fingerprint density at radius 2 is 1.84 bits per heavy atom. The number of aromatic nitrogens is 2. The molecule has 168 valence electrons. The average molecular weight is 427 g/mol. The van der Waals surface area contributed by atoms with Gasteiger partial charge in [-0.3, -0.25) is 0 Å². The number of hydrogen-bond donors (Lipinski definition) is 0. The van der Waals surface area contributed by atoms with Gasteiger partial charge in [-0.15, -0.1) is 0 Å². The average Bonchev–Trinajstić information content (AvgIpc) is 3.05. The highest BCUT2D eigenvalue weighted by Crippen LogP contribution is 2.34. The lowest BCUT2D eigenvalue weighted by molar-refractivity contribution is 0.0514. The van der Waals surface area contributed by atoms with Crippen molar-refractivity contribution in [2.75, 3.05) is 20.3 Å². The predicted octanol–water partition coefficient (Wildman–Crippen LogP) is 5.79.